The third-order valence-electron chi connectivity index (χ3n) is 5.18. The van der Waals surface area contributed by atoms with Gasteiger partial charge >= 0.3 is 0 Å². The maximum Gasteiger partial charge on any atom is 0.265 e. The fraction of sp³-hybridized carbons (Fsp3) is 0.160. The topological polar surface area (TPSA) is 110 Å². The molecule has 0 radical (unpaired) electrons. The number of carbonyl (C=O) groups is 1. The summed E-state index contributed by atoms with van der Waals surface area (Å²) in [4.78, 5) is 15.7. The summed E-state index contributed by atoms with van der Waals surface area (Å²) >= 11 is 0. The van der Waals surface area contributed by atoms with Crippen LogP contribution in [0.5, 0.6) is 11.5 Å². The number of nitrogens with one attached hydrogen (secondary N) is 3. The molecule has 4 aromatic rings. The molecule has 9 heteroatoms. The van der Waals surface area contributed by atoms with Gasteiger partial charge in [0.2, 0.25) is 5.91 Å². The van der Waals surface area contributed by atoms with Crippen molar-refractivity contribution in [1.29, 1.82) is 0 Å². The van der Waals surface area contributed by atoms with Gasteiger partial charge in [-0.3, -0.25) is 9.52 Å². The molecule has 1 heterocycles. The number of anilines is 2. The van der Waals surface area contributed by atoms with Crippen LogP contribution in [0.15, 0.2) is 77.8 Å². The van der Waals surface area contributed by atoms with Crippen LogP contribution in [0.25, 0.3) is 10.9 Å². The van der Waals surface area contributed by atoms with Gasteiger partial charge in [0.05, 0.1) is 20.1 Å². The Morgan fingerprint density at radius 3 is 2.47 bits per heavy atom. The second kappa shape index (κ2) is 9.88. The molecular formula is C25H25N3O5S. The van der Waals surface area contributed by atoms with Crippen LogP contribution in [0.4, 0.5) is 11.4 Å². The van der Waals surface area contributed by atoms with E-state index in [1.807, 2.05) is 31.2 Å². The number of fused-ring (bicyclic) bond motifs is 1. The maximum absolute atomic E-state index is 13.1. The molecule has 3 N–H and O–H groups in total. The highest BCUT2D eigenvalue weighted by molar-refractivity contribution is 7.92. The van der Waals surface area contributed by atoms with E-state index in [4.69, 9.17) is 9.47 Å². The van der Waals surface area contributed by atoms with Gasteiger partial charge in [0.15, 0.2) is 0 Å². The van der Waals surface area contributed by atoms with Crippen molar-refractivity contribution in [2.75, 3.05) is 23.8 Å². The second-order valence-electron chi connectivity index (χ2n) is 7.51. The second-order valence-corrected chi connectivity index (χ2v) is 9.16. The zero-order chi connectivity index (χ0) is 24.1. The highest BCUT2D eigenvalue weighted by Gasteiger charge is 2.21. The lowest BCUT2D eigenvalue weighted by molar-refractivity contribution is -0.115. The maximum atomic E-state index is 13.1. The van der Waals surface area contributed by atoms with E-state index in [2.05, 4.69) is 15.0 Å². The van der Waals surface area contributed by atoms with Crippen molar-refractivity contribution in [2.45, 2.75) is 18.2 Å². The Labute approximate surface area is 198 Å². The number of ether oxygens (including phenoxy) is 2. The van der Waals surface area contributed by atoms with E-state index >= 15 is 0 Å². The average Bonchev–Trinajstić information content (AvgIpc) is 3.23. The molecule has 176 valence electrons. The van der Waals surface area contributed by atoms with Crippen LogP contribution < -0.4 is 19.5 Å². The normalized spacial score (nSPS) is 11.2. The number of carbonyl (C=O) groups excluding carboxylic acids is 1. The standard InChI is InChI=1S/C25H25N3O5S/c1-3-33-20-11-8-18(9-12-20)28-34(30,31)24-15-19(10-13-23(24)32-2)27-25(29)14-17-16-26-22-7-5-4-6-21(17)22/h4-13,15-16,26,28H,3,14H2,1-2H3,(H,27,29). The van der Waals surface area contributed by atoms with E-state index in [9.17, 15) is 13.2 Å². The minimum atomic E-state index is -3.99. The van der Waals surface area contributed by atoms with Crippen LogP contribution >= 0.6 is 0 Å². The SMILES string of the molecule is CCOc1ccc(NS(=O)(=O)c2cc(NC(=O)Cc3c[nH]c4ccccc34)ccc2OC)cc1. The molecule has 0 bridgehead atoms. The molecule has 3 aromatic carbocycles. The van der Waals surface area contributed by atoms with Gasteiger partial charge in [0, 0.05) is 28.5 Å². The Bertz CT molecular complexity index is 1410. The van der Waals surface area contributed by atoms with Gasteiger partial charge in [0.25, 0.3) is 10.0 Å². The van der Waals surface area contributed by atoms with Crippen molar-refractivity contribution >= 4 is 38.2 Å². The lowest BCUT2D eigenvalue weighted by Gasteiger charge is -2.14. The summed E-state index contributed by atoms with van der Waals surface area (Å²) in [6.07, 6.45) is 1.94. The van der Waals surface area contributed by atoms with Gasteiger partial charge in [-0.25, -0.2) is 8.42 Å². The van der Waals surface area contributed by atoms with E-state index in [0.717, 1.165) is 16.5 Å². The number of para-hydroxylation sites is 1. The van der Waals surface area contributed by atoms with Gasteiger partial charge in [-0.2, -0.15) is 0 Å². The zero-order valence-electron chi connectivity index (χ0n) is 18.8. The van der Waals surface area contributed by atoms with Crippen molar-refractivity contribution in [1.82, 2.24) is 4.98 Å². The van der Waals surface area contributed by atoms with Gasteiger partial charge < -0.3 is 19.8 Å². The number of hydrogen-bond donors (Lipinski definition) is 3. The fourth-order valence-corrected chi connectivity index (χ4v) is 4.87. The molecule has 0 aliphatic carbocycles. The smallest absolute Gasteiger partial charge is 0.265 e. The molecule has 4 rings (SSSR count). The molecule has 0 aliphatic heterocycles. The van der Waals surface area contributed by atoms with Crippen LogP contribution in [-0.2, 0) is 21.2 Å². The Balaban J connectivity index is 1.53. The predicted octanol–water partition coefficient (Wildman–Crippen LogP) is 4.56. The van der Waals surface area contributed by atoms with Crippen LogP contribution in [0.3, 0.4) is 0 Å². The van der Waals surface area contributed by atoms with E-state index in [1.165, 1.54) is 19.2 Å². The number of aromatic amines is 1. The number of methoxy groups -OCH3 is 1. The molecular weight excluding hydrogens is 454 g/mol. The first-order chi connectivity index (χ1) is 16.4. The highest BCUT2D eigenvalue weighted by atomic mass is 32.2. The summed E-state index contributed by atoms with van der Waals surface area (Å²) in [7, 11) is -2.60. The molecule has 0 saturated heterocycles. The number of rotatable bonds is 9. The molecule has 1 amide bonds. The summed E-state index contributed by atoms with van der Waals surface area (Å²) in [5, 5.41) is 3.74. The number of H-pyrrole nitrogens is 1. The molecule has 0 fully saturated rings. The largest absolute Gasteiger partial charge is 0.495 e. The number of amides is 1. The summed E-state index contributed by atoms with van der Waals surface area (Å²) in [6, 6.07) is 18.8. The summed E-state index contributed by atoms with van der Waals surface area (Å²) in [5.41, 5.74) is 2.52. The van der Waals surface area contributed by atoms with Gasteiger partial charge in [-0.1, -0.05) is 18.2 Å². The molecule has 0 aliphatic rings. The number of hydrogen-bond acceptors (Lipinski definition) is 5. The third-order valence-corrected chi connectivity index (χ3v) is 6.58. The molecule has 8 nitrogen and oxygen atoms in total. The van der Waals surface area contributed by atoms with Crippen LogP contribution in [-0.4, -0.2) is 33.0 Å². The Kier molecular flexibility index (Phi) is 6.74. The summed E-state index contributed by atoms with van der Waals surface area (Å²) < 4.78 is 39.4. The van der Waals surface area contributed by atoms with Gasteiger partial charge in [0.1, 0.15) is 16.4 Å². The number of sulfonamides is 1. The van der Waals surface area contributed by atoms with Crippen molar-refractivity contribution in [2.24, 2.45) is 0 Å². The van der Waals surface area contributed by atoms with Crippen molar-refractivity contribution in [3.63, 3.8) is 0 Å². The first-order valence-electron chi connectivity index (χ1n) is 10.7. The van der Waals surface area contributed by atoms with Crippen molar-refractivity contribution < 1.29 is 22.7 Å². The third kappa shape index (κ3) is 5.15. The fourth-order valence-electron chi connectivity index (χ4n) is 3.62. The Hall–Kier alpha value is -3.98. The van der Waals surface area contributed by atoms with Gasteiger partial charge in [-0.05, 0) is 61.0 Å². The van der Waals surface area contributed by atoms with E-state index in [0.29, 0.717) is 23.7 Å². The van der Waals surface area contributed by atoms with Gasteiger partial charge in [-0.15, -0.1) is 0 Å². The first kappa shape index (κ1) is 23.2. The molecule has 34 heavy (non-hydrogen) atoms. The monoisotopic (exact) mass is 479 g/mol. The molecule has 0 spiro atoms. The summed E-state index contributed by atoms with van der Waals surface area (Å²) in [6.45, 7) is 2.39. The average molecular weight is 480 g/mol. The quantitative estimate of drug-likeness (QED) is 0.326. The minimum Gasteiger partial charge on any atom is -0.495 e. The number of benzene rings is 3. The zero-order valence-corrected chi connectivity index (χ0v) is 19.6. The number of aromatic nitrogens is 1. The molecule has 0 unspecified atom stereocenters. The van der Waals surface area contributed by atoms with E-state index in [-0.39, 0.29) is 23.0 Å². The van der Waals surface area contributed by atoms with Crippen molar-refractivity contribution in [3.8, 4) is 11.5 Å². The van der Waals surface area contributed by atoms with Crippen LogP contribution in [0.1, 0.15) is 12.5 Å². The summed E-state index contributed by atoms with van der Waals surface area (Å²) in [5.74, 6) is 0.536. The highest BCUT2D eigenvalue weighted by Crippen LogP contribution is 2.29. The van der Waals surface area contributed by atoms with E-state index < -0.39 is 10.0 Å². The molecule has 0 atom stereocenters. The molecule has 0 saturated carbocycles. The first-order valence-corrected chi connectivity index (χ1v) is 12.2. The van der Waals surface area contributed by atoms with Crippen LogP contribution in [0.2, 0.25) is 0 Å². The van der Waals surface area contributed by atoms with Crippen LogP contribution in [0, 0.1) is 0 Å². The molecule has 1 aromatic heterocycles. The lowest BCUT2D eigenvalue weighted by atomic mass is 10.1. The Morgan fingerprint density at radius 2 is 1.74 bits per heavy atom. The minimum absolute atomic E-state index is 0.0891. The Morgan fingerprint density at radius 1 is 1.00 bits per heavy atom. The predicted molar refractivity (Wildman–Crippen MR) is 132 cm³/mol. The van der Waals surface area contributed by atoms with Crippen molar-refractivity contribution in [3.05, 3.63) is 78.5 Å². The van der Waals surface area contributed by atoms with E-state index in [1.54, 1.807) is 36.5 Å². The lowest BCUT2D eigenvalue weighted by Crippen LogP contribution is -2.17.